The number of amides is 2. The van der Waals surface area contributed by atoms with Crippen LogP contribution in [0.5, 0.6) is 11.5 Å². The number of methoxy groups -OCH3 is 2. The monoisotopic (exact) mass is 519 g/mol. The number of nitrogens with one attached hydrogen (secondary N) is 3. The van der Waals surface area contributed by atoms with Crippen LogP contribution in [0.2, 0.25) is 0 Å². The first-order valence-corrected chi connectivity index (χ1v) is 11.7. The quantitative estimate of drug-likeness (QED) is 0.274. The second kappa shape index (κ2) is 11.9. The Morgan fingerprint density at radius 1 is 0.974 bits per heavy atom. The number of hydrogen-bond donors (Lipinski definition) is 3. The Hall–Kier alpha value is -4.86. The van der Waals surface area contributed by atoms with Gasteiger partial charge in [-0.2, -0.15) is 0 Å². The molecule has 0 aliphatic heterocycles. The Morgan fingerprint density at radius 2 is 1.74 bits per heavy atom. The van der Waals surface area contributed by atoms with E-state index in [2.05, 4.69) is 15.6 Å². The average Bonchev–Trinajstić information content (AvgIpc) is 3.34. The third-order valence-corrected chi connectivity index (χ3v) is 5.82. The zero-order valence-corrected chi connectivity index (χ0v) is 20.7. The van der Waals surface area contributed by atoms with Crippen molar-refractivity contribution in [2.24, 2.45) is 0 Å². The maximum atomic E-state index is 13.3. The third kappa shape index (κ3) is 6.28. The van der Waals surface area contributed by atoms with Crippen molar-refractivity contribution in [2.45, 2.75) is 12.5 Å². The lowest BCUT2D eigenvalue weighted by Crippen LogP contribution is -2.44. The van der Waals surface area contributed by atoms with Gasteiger partial charge < -0.3 is 29.8 Å². The molecule has 0 saturated heterocycles. The van der Waals surface area contributed by atoms with Crippen LogP contribution in [0.1, 0.15) is 15.9 Å². The van der Waals surface area contributed by atoms with Gasteiger partial charge in [0.15, 0.2) is 6.61 Å². The summed E-state index contributed by atoms with van der Waals surface area (Å²) in [5.41, 5.74) is 2.15. The molecule has 196 valence electrons. The Kier molecular flexibility index (Phi) is 8.22. The molecule has 0 bridgehead atoms. The zero-order valence-electron chi connectivity index (χ0n) is 20.7. The maximum absolute atomic E-state index is 13.3. The van der Waals surface area contributed by atoms with Crippen molar-refractivity contribution in [2.75, 3.05) is 26.1 Å². The van der Waals surface area contributed by atoms with E-state index in [1.807, 2.05) is 24.3 Å². The number of hydrogen-bond acceptors (Lipinski definition) is 6. The molecular weight excluding hydrogens is 493 g/mol. The minimum absolute atomic E-state index is 0.0983. The third-order valence-electron chi connectivity index (χ3n) is 5.82. The molecule has 3 N–H and O–H groups in total. The molecule has 3 aromatic carbocycles. The molecule has 2 amide bonds. The van der Waals surface area contributed by atoms with Crippen LogP contribution in [-0.4, -0.2) is 49.6 Å². The maximum Gasteiger partial charge on any atom is 0.329 e. The van der Waals surface area contributed by atoms with Crippen LogP contribution < -0.4 is 20.1 Å². The summed E-state index contributed by atoms with van der Waals surface area (Å²) in [6.45, 7) is -0.601. The lowest BCUT2D eigenvalue weighted by atomic mass is 10.0. The van der Waals surface area contributed by atoms with Gasteiger partial charge in [0.05, 0.1) is 19.9 Å². The van der Waals surface area contributed by atoms with Crippen LogP contribution in [0.3, 0.4) is 0 Å². The fourth-order valence-electron chi connectivity index (χ4n) is 3.89. The van der Waals surface area contributed by atoms with Gasteiger partial charge in [-0.15, -0.1) is 0 Å². The number of ether oxygens (including phenoxy) is 3. The van der Waals surface area contributed by atoms with Gasteiger partial charge in [-0.05, 0) is 48.0 Å². The zero-order chi connectivity index (χ0) is 27.1. The summed E-state index contributed by atoms with van der Waals surface area (Å²) in [5, 5.41) is 6.15. The number of anilines is 1. The van der Waals surface area contributed by atoms with Gasteiger partial charge in [0.25, 0.3) is 11.8 Å². The molecule has 1 unspecified atom stereocenters. The summed E-state index contributed by atoms with van der Waals surface area (Å²) in [6, 6.07) is 16.2. The summed E-state index contributed by atoms with van der Waals surface area (Å²) < 4.78 is 29.0. The van der Waals surface area contributed by atoms with Gasteiger partial charge >= 0.3 is 5.97 Å². The van der Waals surface area contributed by atoms with E-state index in [1.165, 1.54) is 26.4 Å². The first kappa shape index (κ1) is 26.2. The van der Waals surface area contributed by atoms with Crippen molar-refractivity contribution < 1.29 is 33.0 Å². The van der Waals surface area contributed by atoms with E-state index in [4.69, 9.17) is 14.2 Å². The number of para-hydroxylation sites is 1. The van der Waals surface area contributed by atoms with Gasteiger partial charge in [-0.3, -0.25) is 9.59 Å². The molecule has 0 aliphatic carbocycles. The van der Waals surface area contributed by atoms with Gasteiger partial charge in [0, 0.05) is 35.2 Å². The average molecular weight is 520 g/mol. The van der Waals surface area contributed by atoms with E-state index >= 15 is 0 Å². The number of halogens is 1. The summed E-state index contributed by atoms with van der Waals surface area (Å²) in [7, 11) is 2.94. The number of rotatable bonds is 10. The van der Waals surface area contributed by atoms with E-state index < -0.39 is 36.2 Å². The molecule has 0 saturated carbocycles. The van der Waals surface area contributed by atoms with Crippen LogP contribution in [-0.2, 0) is 20.7 Å². The largest absolute Gasteiger partial charge is 0.497 e. The fourth-order valence-corrected chi connectivity index (χ4v) is 3.89. The van der Waals surface area contributed by atoms with Gasteiger partial charge in [-0.1, -0.05) is 18.2 Å². The molecule has 0 spiro atoms. The number of fused-ring (bicyclic) bond motifs is 1. The Balaban J connectivity index is 1.48. The molecule has 10 heteroatoms. The van der Waals surface area contributed by atoms with Crippen LogP contribution in [0, 0.1) is 5.82 Å². The van der Waals surface area contributed by atoms with Crippen LogP contribution in [0.4, 0.5) is 10.1 Å². The van der Waals surface area contributed by atoms with Crippen molar-refractivity contribution in [1.29, 1.82) is 0 Å². The van der Waals surface area contributed by atoms with E-state index in [0.717, 1.165) is 28.6 Å². The van der Waals surface area contributed by atoms with Crippen LogP contribution in [0.25, 0.3) is 10.9 Å². The molecule has 0 aliphatic rings. The van der Waals surface area contributed by atoms with Crippen molar-refractivity contribution in [1.82, 2.24) is 10.3 Å². The van der Waals surface area contributed by atoms with E-state index in [-0.39, 0.29) is 12.0 Å². The summed E-state index contributed by atoms with van der Waals surface area (Å²) >= 11 is 0. The number of esters is 1. The molecule has 38 heavy (non-hydrogen) atoms. The number of carbonyl (C=O) groups excluding carboxylic acids is 3. The first-order chi connectivity index (χ1) is 18.4. The number of benzene rings is 3. The second-order valence-electron chi connectivity index (χ2n) is 8.32. The summed E-state index contributed by atoms with van der Waals surface area (Å²) in [4.78, 5) is 41.6. The molecule has 0 radical (unpaired) electrons. The highest BCUT2D eigenvalue weighted by Gasteiger charge is 2.25. The molecule has 9 nitrogen and oxygen atoms in total. The number of aromatic amines is 1. The highest BCUT2D eigenvalue weighted by Crippen LogP contribution is 2.28. The molecule has 1 heterocycles. The Morgan fingerprint density at radius 3 is 2.47 bits per heavy atom. The van der Waals surface area contributed by atoms with E-state index in [9.17, 15) is 18.8 Å². The highest BCUT2D eigenvalue weighted by atomic mass is 19.1. The SMILES string of the molecule is COc1ccc(OC)c(NC(=O)COC(=O)C(Cc2c[nH]c3ccccc23)NC(=O)c2ccc(F)cc2)c1. The lowest BCUT2D eigenvalue weighted by molar-refractivity contribution is -0.149. The van der Waals surface area contributed by atoms with Crippen molar-refractivity contribution in [3.05, 3.63) is 89.9 Å². The van der Waals surface area contributed by atoms with Crippen molar-refractivity contribution in [3.63, 3.8) is 0 Å². The second-order valence-corrected chi connectivity index (χ2v) is 8.32. The number of carbonyl (C=O) groups is 3. The predicted molar refractivity (Wildman–Crippen MR) is 139 cm³/mol. The minimum Gasteiger partial charge on any atom is -0.497 e. The molecule has 4 aromatic rings. The Labute approximate surface area is 217 Å². The van der Waals surface area contributed by atoms with Crippen LogP contribution in [0.15, 0.2) is 72.9 Å². The molecule has 1 aromatic heterocycles. The minimum atomic E-state index is -1.12. The van der Waals surface area contributed by atoms with Crippen molar-refractivity contribution >= 4 is 34.4 Å². The van der Waals surface area contributed by atoms with Crippen LogP contribution >= 0.6 is 0 Å². The topological polar surface area (TPSA) is 119 Å². The standard InChI is InChI=1S/C28H26FN3O6/c1-36-20-11-12-25(37-2)23(14-20)31-26(33)16-38-28(35)24(32-27(34)17-7-9-19(29)10-8-17)13-18-15-30-22-6-4-3-5-21(18)22/h3-12,14-15,24,30H,13,16H2,1-2H3,(H,31,33)(H,32,34). The molecule has 1 atom stereocenters. The first-order valence-electron chi connectivity index (χ1n) is 11.7. The fraction of sp³-hybridized carbons (Fsp3) is 0.179. The smallest absolute Gasteiger partial charge is 0.329 e. The van der Waals surface area contributed by atoms with Gasteiger partial charge in [0.2, 0.25) is 0 Å². The lowest BCUT2D eigenvalue weighted by Gasteiger charge is -2.18. The van der Waals surface area contributed by atoms with Gasteiger partial charge in [0.1, 0.15) is 23.4 Å². The van der Waals surface area contributed by atoms with Gasteiger partial charge in [-0.25, -0.2) is 9.18 Å². The summed E-state index contributed by atoms with van der Waals surface area (Å²) in [5.74, 6) is -1.60. The number of H-pyrrole nitrogens is 1. The molecular formula is C28H26FN3O6. The van der Waals surface area contributed by atoms with Crippen molar-refractivity contribution in [3.8, 4) is 11.5 Å². The Bertz CT molecular complexity index is 1450. The predicted octanol–water partition coefficient (Wildman–Crippen LogP) is 3.85. The normalized spacial score (nSPS) is 11.4. The summed E-state index contributed by atoms with van der Waals surface area (Å²) in [6.07, 6.45) is 1.85. The van der Waals surface area contributed by atoms with E-state index in [1.54, 1.807) is 24.4 Å². The molecule has 4 rings (SSSR count). The van der Waals surface area contributed by atoms with E-state index in [0.29, 0.717) is 17.2 Å². The highest BCUT2D eigenvalue weighted by molar-refractivity contribution is 5.98. The number of aromatic nitrogens is 1. The molecule has 0 fully saturated rings.